The number of ether oxygens (including phenoxy) is 2. The summed E-state index contributed by atoms with van der Waals surface area (Å²) in [5.74, 6) is 1.25. The van der Waals surface area contributed by atoms with Crippen LogP contribution < -0.4 is 14.8 Å². The van der Waals surface area contributed by atoms with Crippen LogP contribution in [0, 0.1) is 0 Å². The second-order valence-corrected chi connectivity index (χ2v) is 7.34. The molecule has 0 unspecified atom stereocenters. The van der Waals surface area contributed by atoms with E-state index in [0.29, 0.717) is 34.8 Å². The lowest BCUT2D eigenvalue weighted by atomic mass is 10.1. The lowest BCUT2D eigenvalue weighted by molar-refractivity contribution is 0.269. The van der Waals surface area contributed by atoms with Crippen molar-refractivity contribution in [3.05, 3.63) is 57.6 Å². The molecule has 0 fully saturated rings. The fourth-order valence-corrected chi connectivity index (χ4v) is 3.32. The van der Waals surface area contributed by atoms with Crippen LogP contribution in [0.5, 0.6) is 11.5 Å². The van der Waals surface area contributed by atoms with Crippen LogP contribution in [-0.2, 0) is 13.2 Å². The van der Waals surface area contributed by atoms with E-state index >= 15 is 0 Å². The van der Waals surface area contributed by atoms with Crippen LogP contribution >= 0.6 is 23.2 Å². The first-order valence-corrected chi connectivity index (χ1v) is 10.4. The van der Waals surface area contributed by atoms with Gasteiger partial charge in [-0.1, -0.05) is 61.5 Å². The second-order valence-electron chi connectivity index (χ2n) is 6.49. The lowest BCUT2D eigenvalue weighted by Crippen LogP contribution is -2.15. The topological polar surface area (TPSA) is 30.5 Å². The highest BCUT2D eigenvalue weighted by molar-refractivity contribution is 6.32. The minimum Gasteiger partial charge on any atom is -0.490 e. The van der Waals surface area contributed by atoms with Crippen LogP contribution in [0.15, 0.2) is 36.4 Å². The highest BCUT2D eigenvalue weighted by Crippen LogP contribution is 2.37. The first-order valence-electron chi connectivity index (χ1n) is 9.67. The van der Waals surface area contributed by atoms with Gasteiger partial charge in [-0.05, 0) is 55.3 Å². The first kappa shape index (κ1) is 21.9. The van der Waals surface area contributed by atoms with Crippen molar-refractivity contribution in [1.82, 2.24) is 5.32 Å². The van der Waals surface area contributed by atoms with Gasteiger partial charge in [0, 0.05) is 11.6 Å². The highest BCUT2D eigenvalue weighted by Gasteiger charge is 2.13. The molecule has 1 N–H and O–H groups in total. The summed E-state index contributed by atoms with van der Waals surface area (Å²) in [6, 6.07) is 11.5. The Kier molecular flexibility index (Phi) is 9.82. The summed E-state index contributed by atoms with van der Waals surface area (Å²) >= 11 is 12.5. The zero-order chi connectivity index (χ0) is 19.5. The molecule has 0 atom stereocenters. The highest BCUT2D eigenvalue weighted by atomic mass is 35.5. The molecule has 0 aliphatic heterocycles. The van der Waals surface area contributed by atoms with Gasteiger partial charge in [0.2, 0.25) is 0 Å². The van der Waals surface area contributed by atoms with Crippen molar-refractivity contribution < 1.29 is 9.47 Å². The predicted molar refractivity (Wildman–Crippen MR) is 114 cm³/mol. The molecular weight excluding hydrogens is 381 g/mol. The average molecular weight is 410 g/mol. The number of hydrogen-bond donors (Lipinski definition) is 1. The monoisotopic (exact) mass is 409 g/mol. The van der Waals surface area contributed by atoms with Crippen molar-refractivity contribution in [3.63, 3.8) is 0 Å². The molecule has 0 spiro atoms. The summed E-state index contributed by atoms with van der Waals surface area (Å²) in [7, 11) is 0. The van der Waals surface area contributed by atoms with Gasteiger partial charge in [0.25, 0.3) is 0 Å². The zero-order valence-electron chi connectivity index (χ0n) is 16.2. The maximum Gasteiger partial charge on any atom is 0.180 e. The fourth-order valence-electron chi connectivity index (χ4n) is 2.82. The maximum atomic E-state index is 6.49. The molecule has 0 heterocycles. The molecule has 3 nitrogen and oxygen atoms in total. The van der Waals surface area contributed by atoms with E-state index in [2.05, 4.69) is 12.2 Å². The van der Waals surface area contributed by atoms with Crippen molar-refractivity contribution in [2.75, 3.05) is 13.2 Å². The van der Waals surface area contributed by atoms with E-state index in [1.807, 2.05) is 43.3 Å². The minimum atomic E-state index is 0.384. The van der Waals surface area contributed by atoms with E-state index in [0.717, 1.165) is 24.2 Å². The Hall–Kier alpha value is -1.42. The minimum absolute atomic E-state index is 0.384. The van der Waals surface area contributed by atoms with Gasteiger partial charge in [-0.25, -0.2) is 0 Å². The SMILES string of the molecule is CCCCCCNCc1cc(Cl)c(OCc2cccc(Cl)c2)c(OCC)c1. The zero-order valence-corrected chi connectivity index (χ0v) is 17.7. The largest absolute Gasteiger partial charge is 0.490 e. The van der Waals surface area contributed by atoms with Gasteiger partial charge in [0.05, 0.1) is 11.6 Å². The lowest BCUT2D eigenvalue weighted by Gasteiger charge is -2.16. The third-order valence-electron chi connectivity index (χ3n) is 4.18. The molecule has 2 rings (SSSR count). The van der Waals surface area contributed by atoms with Crippen molar-refractivity contribution in [2.45, 2.75) is 52.7 Å². The molecule has 0 aliphatic carbocycles. The summed E-state index contributed by atoms with van der Waals surface area (Å²) in [6.45, 7) is 6.89. The smallest absolute Gasteiger partial charge is 0.180 e. The molecule has 2 aromatic carbocycles. The van der Waals surface area contributed by atoms with E-state index < -0.39 is 0 Å². The summed E-state index contributed by atoms with van der Waals surface area (Å²) < 4.78 is 11.7. The van der Waals surface area contributed by atoms with Crippen LogP contribution in [0.25, 0.3) is 0 Å². The summed E-state index contributed by atoms with van der Waals surface area (Å²) in [6.07, 6.45) is 5.01. The second kappa shape index (κ2) is 12.1. The molecule has 0 aliphatic rings. The van der Waals surface area contributed by atoms with Gasteiger partial charge in [0.15, 0.2) is 11.5 Å². The third kappa shape index (κ3) is 7.61. The van der Waals surface area contributed by atoms with Crippen LogP contribution in [0.2, 0.25) is 10.0 Å². The fraction of sp³-hybridized carbons (Fsp3) is 0.455. The van der Waals surface area contributed by atoms with E-state index in [1.54, 1.807) is 0 Å². The van der Waals surface area contributed by atoms with Gasteiger partial charge in [-0.2, -0.15) is 0 Å². The van der Waals surface area contributed by atoms with Crippen molar-refractivity contribution in [2.24, 2.45) is 0 Å². The standard InChI is InChI=1S/C22H29Cl2NO2/c1-3-5-6-7-11-25-15-18-13-20(24)22(21(14-18)26-4-2)27-16-17-9-8-10-19(23)12-17/h8-10,12-14,25H,3-7,11,15-16H2,1-2H3. The van der Waals surface area contributed by atoms with E-state index in [9.17, 15) is 0 Å². The van der Waals surface area contributed by atoms with Crippen LogP contribution in [0.1, 0.15) is 50.7 Å². The third-order valence-corrected chi connectivity index (χ3v) is 4.69. The number of nitrogens with one attached hydrogen (secondary N) is 1. The van der Waals surface area contributed by atoms with Gasteiger partial charge in [-0.15, -0.1) is 0 Å². The maximum absolute atomic E-state index is 6.49. The van der Waals surface area contributed by atoms with Crippen molar-refractivity contribution in [3.8, 4) is 11.5 Å². The molecule has 2 aromatic rings. The van der Waals surface area contributed by atoms with E-state index in [-0.39, 0.29) is 0 Å². The Morgan fingerprint density at radius 2 is 1.78 bits per heavy atom. The average Bonchev–Trinajstić information content (AvgIpc) is 2.64. The van der Waals surface area contributed by atoms with E-state index in [1.165, 1.54) is 25.7 Å². The number of benzene rings is 2. The van der Waals surface area contributed by atoms with Crippen LogP contribution in [0.3, 0.4) is 0 Å². The van der Waals surface area contributed by atoms with Crippen molar-refractivity contribution >= 4 is 23.2 Å². The normalized spacial score (nSPS) is 10.8. The molecule has 0 amide bonds. The number of hydrogen-bond acceptors (Lipinski definition) is 3. The Labute approximate surface area is 173 Å². The quantitative estimate of drug-likeness (QED) is 0.398. The molecule has 148 valence electrons. The molecule has 0 saturated carbocycles. The molecule has 0 radical (unpaired) electrons. The number of rotatable bonds is 12. The Morgan fingerprint density at radius 1 is 0.926 bits per heavy atom. The van der Waals surface area contributed by atoms with Crippen molar-refractivity contribution in [1.29, 1.82) is 0 Å². The number of unbranched alkanes of at least 4 members (excludes halogenated alkanes) is 3. The molecule has 0 bridgehead atoms. The summed E-state index contributed by atoms with van der Waals surface area (Å²) in [5.41, 5.74) is 2.08. The van der Waals surface area contributed by atoms with Gasteiger partial charge in [0.1, 0.15) is 6.61 Å². The van der Waals surface area contributed by atoms with Crippen LogP contribution in [-0.4, -0.2) is 13.2 Å². The number of halogens is 2. The Balaban J connectivity index is 1.99. The van der Waals surface area contributed by atoms with Gasteiger partial charge in [-0.3, -0.25) is 0 Å². The first-order chi connectivity index (χ1) is 13.1. The Bertz CT molecular complexity index is 707. The summed E-state index contributed by atoms with van der Waals surface area (Å²) in [4.78, 5) is 0. The van der Waals surface area contributed by atoms with Crippen LogP contribution in [0.4, 0.5) is 0 Å². The van der Waals surface area contributed by atoms with Gasteiger partial charge >= 0.3 is 0 Å². The van der Waals surface area contributed by atoms with Gasteiger partial charge < -0.3 is 14.8 Å². The predicted octanol–water partition coefficient (Wildman–Crippen LogP) is 6.64. The molecule has 5 heteroatoms. The molecule has 0 saturated heterocycles. The molecule has 0 aromatic heterocycles. The summed E-state index contributed by atoms with van der Waals surface area (Å²) in [5, 5.41) is 4.72. The van der Waals surface area contributed by atoms with E-state index in [4.69, 9.17) is 32.7 Å². The molecule has 27 heavy (non-hydrogen) atoms. The Morgan fingerprint density at radius 3 is 2.52 bits per heavy atom. The molecular formula is C22H29Cl2NO2.